The molecular weight excluding hydrogens is 380 g/mol. The monoisotopic (exact) mass is 402 g/mol. The van der Waals surface area contributed by atoms with Crippen molar-refractivity contribution in [2.75, 3.05) is 10.6 Å². The number of aryl methyl sites for hydroxylation is 2. The van der Waals surface area contributed by atoms with E-state index in [4.69, 9.17) is 0 Å². The van der Waals surface area contributed by atoms with E-state index < -0.39 is 5.69 Å². The Kier molecular flexibility index (Phi) is 5.30. The van der Waals surface area contributed by atoms with Gasteiger partial charge >= 0.3 is 5.69 Å². The molecule has 0 unspecified atom stereocenters. The van der Waals surface area contributed by atoms with Crippen molar-refractivity contribution in [3.05, 3.63) is 82.4 Å². The number of benzene rings is 2. The van der Waals surface area contributed by atoms with Crippen LogP contribution in [0.4, 0.5) is 17.2 Å². The molecule has 152 valence electrons. The van der Waals surface area contributed by atoms with Gasteiger partial charge in [0.2, 0.25) is 5.91 Å². The zero-order chi connectivity index (χ0) is 21.1. The van der Waals surface area contributed by atoms with Crippen LogP contribution < -0.4 is 16.3 Å². The van der Waals surface area contributed by atoms with Gasteiger partial charge in [0, 0.05) is 17.6 Å². The minimum atomic E-state index is -0.417. The first-order valence-corrected chi connectivity index (χ1v) is 9.72. The SMILES string of the molecule is CCc1cccc(C)c1NC(=O)Cn1nc2nc(Nc3ccccc3)ccn2c1=O. The van der Waals surface area contributed by atoms with Crippen LogP contribution in [0.1, 0.15) is 18.1 Å². The van der Waals surface area contributed by atoms with Crippen molar-refractivity contribution in [1.82, 2.24) is 19.2 Å². The molecule has 2 aromatic carbocycles. The molecule has 2 heterocycles. The number of amides is 1. The van der Waals surface area contributed by atoms with Crippen LogP contribution in [0.3, 0.4) is 0 Å². The molecule has 0 saturated carbocycles. The summed E-state index contributed by atoms with van der Waals surface area (Å²) in [5.41, 5.74) is 3.27. The number of anilines is 3. The molecule has 0 atom stereocenters. The van der Waals surface area contributed by atoms with Gasteiger partial charge in [-0.2, -0.15) is 4.98 Å². The summed E-state index contributed by atoms with van der Waals surface area (Å²) in [6.07, 6.45) is 2.39. The minimum absolute atomic E-state index is 0.193. The quantitative estimate of drug-likeness (QED) is 0.517. The van der Waals surface area contributed by atoms with Crippen molar-refractivity contribution < 1.29 is 4.79 Å². The van der Waals surface area contributed by atoms with Gasteiger partial charge in [0.1, 0.15) is 12.4 Å². The lowest BCUT2D eigenvalue weighted by Crippen LogP contribution is -2.28. The van der Waals surface area contributed by atoms with Gasteiger partial charge < -0.3 is 10.6 Å². The molecule has 8 nitrogen and oxygen atoms in total. The second kappa shape index (κ2) is 8.20. The Hall–Kier alpha value is -3.94. The first kappa shape index (κ1) is 19.4. The third-order valence-corrected chi connectivity index (χ3v) is 4.80. The van der Waals surface area contributed by atoms with Gasteiger partial charge in [-0.15, -0.1) is 5.10 Å². The summed E-state index contributed by atoms with van der Waals surface area (Å²) in [6, 6.07) is 17.1. The number of carbonyl (C=O) groups is 1. The predicted molar refractivity (Wildman–Crippen MR) is 116 cm³/mol. The highest BCUT2D eigenvalue weighted by Crippen LogP contribution is 2.21. The summed E-state index contributed by atoms with van der Waals surface area (Å²) in [5, 5.41) is 10.3. The Bertz CT molecular complexity index is 1260. The van der Waals surface area contributed by atoms with Gasteiger partial charge in [-0.25, -0.2) is 13.9 Å². The number of nitrogens with one attached hydrogen (secondary N) is 2. The average Bonchev–Trinajstić information content (AvgIpc) is 3.05. The summed E-state index contributed by atoms with van der Waals surface area (Å²) >= 11 is 0. The van der Waals surface area contributed by atoms with E-state index in [1.54, 1.807) is 12.3 Å². The Labute approximate surface area is 173 Å². The van der Waals surface area contributed by atoms with E-state index in [0.29, 0.717) is 5.82 Å². The molecule has 0 aliphatic heterocycles. The molecule has 0 fully saturated rings. The molecule has 1 amide bonds. The first-order valence-electron chi connectivity index (χ1n) is 9.72. The lowest BCUT2D eigenvalue weighted by molar-refractivity contribution is -0.117. The summed E-state index contributed by atoms with van der Waals surface area (Å²) in [4.78, 5) is 29.6. The maximum atomic E-state index is 12.6. The van der Waals surface area contributed by atoms with Gasteiger partial charge in [0.25, 0.3) is 5.78 Å². The van der Waals surface area contributed by atoms with E-state index in [2.05, 4.69) is 20.7 Å². The fourth-order valence-corrected chi connectivity index (χ4v) is 3.26. The van der Waals surface area contributed by atoms with E-state index in [1.165, 1.54) is 4.40 Å². The first-order chi connectivity index (χ1) is 14.5. The van der Waals surface area contributed by atoms with Gasteiger partial charge in [0.05, 0.1) is 0 Å². The number of hydrogen-bond donors (Lipinski definition) is 2. The minimum Gasteiger partial charge on any atom is -0.340 e. The van der Waals surface area contributed by atoms with Crippen molar-refractivity contribution in [3.8, 4) is 0 Å². The molecule has 0 radical (unpaired) electrons. The largest absolute Gasteiger partial charge is 0.352 e. The predicted octanol–water partition coefficient (Wildman–Crippen LogP) is 3.14. The maximum absolute atomic E-state index is 12.6. The third-order valence-electron chi connectivity index (χ3n) is 4.80. The molecule has 30 heavy (non-hydrogen) atoms. The van der Waals surface area contributed by atoms with Crippen LogP contribution in [0.5, 0.6) is 0 Å². The van der Waals surface area contributed by atoms with Crippen LogP contribution in [0.15, 0.2) is 65.6 Å². The Morgan fingerprint density at radius 2 is 1.87 bits per heavy atom. The lowest BCUT2D eigenvalue weighted by atomic mass is 10.1. The van der Waals surface area contributed by atoms with E-state index in [9.17, 15) is 9.59 Å². The second-order valence-corrected chi connectivity index (χ2v) is 6.92. The van der Waals surface area contributed by atoms with Crippen LogP contribution in [0.25, 0.3) is 5.78 Å². The van der Waals surface area contributed by atoms with E-state index in [0.717, 1.165) is 33.6 Å². The summed E-state index contributed by atoms with van der Waals surface area (Å²) in [5.74, 6) is 0.466. The third kappa shape index (κ3) is 3.93. The summed E-state index contributed by atoms with van der Waals surface area (Å²) in [7, 11) is 0. The zero-order valence-corrected chi connectivity index (χ0v) is 16.8. The topological polar surface area (TPSA) is 93.3 Å². The molecule has 0 bridgehead atoms. The number of hydrogen-bond acceptors (Lipinski definition) is 5. The molecule has 2 N–H and O–H groups in total. The number of fused-ring (bicyclic) bond motifs is 1. The number of para-hydroxylation sites is 2. The Balaban J connectivity index is 1.55. The van der Waals surface area contributed by atoms with Crippen molar-refractivity contribution in [3.63, 3.8) is 0 Å². The Morgan fingerprint density at radius 1 is 1.07 bits per heavy atom. The van der Waals surface area contributed by atoms with E-state index in [1.807, 2.05) is 62.4 Å². The van der Waals surface area contributed by atoms with Gasteiger partial charge in [0.15, 0.2) is 0 Å². The van der Waals surface area contributed by atoms with Crippen molar-refractivity contribution in [1.29, 1.82) is 0 Å². The number of nitrogens with zero attached hydrogens (tertiary/aromatic N) is 4. The highest BCUT2D eigenvalue weighted by molar-refractivity contribution is 5.92. The van der Waals surface area contributed by atoms with Crippen molar-refractivity contribution in [2.45, 2.75) is 26.8 Å². The van der Waals surface area contributed by atoms with Crippen molar-refractivity contribution in [2.24, 2.45) is 0 Å². The normalized spacial score (nSPS) is 10.9. The molecule has 0 aliphatic rings. The van der Waals surface area contributed by atoms with E-state index >= 15 is 0 Å². The van der Waals surface area contributed by atoms with Crippen LogP contribution in [0.2, 0.25) is 0 Å². The number of rotatable bonds is 6. The molecule has 0 saturated heterocycles. The van der Waals surface area contributed by atoms with E-state index in [-0.39, 0.29) is 18.2 Å². The second-order valence-electron chi connectivity index (χ2n) is 6.92. The van der Waals surface area contributed by atoms with Crippen molar-refractivity contribution >= 4 is 28.9 Å². The fraction of sp³-hybridized carbons (Fsp3) is 0.182. The van der Waals surface area contributed by atoms with Crippen LogP contribution in [0, 0.1) is 6.92 Å². The molecule has 0 spiro atoms. The molecular formula is C22H22N6O2. The summed E-state index contributed by atoms with van der Waals surface area (Å²) in [6.45, 7) is 3.78. The number of aromatic nitrogens is 4. The maximum Gasteiger partial charge on any atom is 0.352 e. The Morgan fingerprint density at radius 3 is 2.63 bits per heavy atom. The smallest absolute Gasteiger partial charge is 0.340 e. The van der Waals surface area contributed by atoms with Gasteiger partial charge in [-0.3, -0.25) is 4.79 Å². The van der Waals surface area contributed by atoms with Crippen LogP contribution in [-0.4, -0.2) is 25.1 Å². The fourth-order valence-electron chi connectivity index (χ4n) is 3.26. The van der Waals surface area contributed by atoms with Crippen LogP contribution >= 0.6 is 0 Å². The van der Waals surface area contributed by atoms with Crippen LogP contribution in [-0.2, 0) is 17.8 Å². The summed E-state index contributed by atoms with van der Waals surface area (Å²) < 4.78 is 2.43. The highest BCUT2D eigenvalue weighted by atomic mass is 16.2. The molecule has 4 rings (SSSR count). The zero-order valence-electron chi connectivity index (χ0n) is 16.8. The van der Waals surface area contributed by atoms with Gasteiger partial charge in [-0.05, 0) is 42.7 Å². The standard InChI is InChI=1S/C22H22N6O2/c1-3-16-9-7-8-15(2)20(16)25-19(29)14-28-22(30)27-13-12-18(24-21(27)26-28)23-17-10-5-4-6-11-17/h4-13H,3,14H2,1-2H3,(H,25,29)(H,23,24,26). The average molecular weight is 402 g/mol. The number of carbonyl (C=O) groups excluding carboxylic acids is 1. The molecule has 4 aromatic rings. The van der Waals surface area contributed by atoms with Gasteiger partial charge in [-0.1, -0.05) is 43.3 Å². The molecule has 2 aromatic heterocycles. The lowest BCUT2D eigenvalue weighted by Gasteiger charge is -2.12. The highest BCUT2D eigenvalue weighted by Gasteiger charge is 2.14. The molecule has 0 aliphatic carbocycles. The molecule has 8 heteroatoms.